The van der Waals surface area contributed by atoms with Crippen LogP contribution in [0.15, 0.2) is 0 Å². The molecule has 0 aliphatic carbocycles. The van der Waals surface area contributed by atoms with Crippen molar-refractivity contribution in [3.8, 4) is 6.26 Å². The third-order valence-electron chi connectivity index (χ3n) is 0.436. The maximum absolute atomic E-state index is 7.92. The van der Waals surface area contributed by atoms with Crippen molar-refractivity contribution in [1.29, 1.82) is 5.26 Å². The van der Waals surface area contributed by atoms with E-state index in [0.29, 0.717) is 6.61 Å². The molecular weight excluding hydrogens is 143 g/mol. The molecule has 5 nitrogen and oxygen atoms in total. The molecule has 0 saturated carbocycles. The summed E-state index contributed by atoms with van der Waals surface area (Å²) in [6.45, 7) is 2.15. The Kier molecular flexibility index (Phi) is 5.48. The molecule has 0 aliphatic heterocycles. The topological polar surface area (TPSA) is 77.5 Å². The molecule has 6 heteroatoms. The Hall–Kier alpha value is -0.400. The summed E-state index contributed by atoms with van der Waals surface area (Å²) in [5, 5.41) is 7.92. The molecule has 0 bridgehead atoms. The molecule has 9 heavy (non-hydrogen) atoms. The smallest absolute Gasteiger partial charge is 0.351 e. The molecule has 1 unspecified atom stereocenters. The molecule has 0 amide bonds. The number of hydrogen-bond donors (Lipinski definition) is 1. The molecule has 0 aliphatic rings. The van der Waals surface area contributed by atoms with E-state index in [1.165, 1.54) is 6.26 Å². The highest BCUT2D eigenvalue weighted by atomic mass is 31.2. The second-order valence-corrected chi connectivity index (χ2v) is 2.03. The molecule has 52 valence electrons. The van der Waals surface area contributed by atoms with Gasteiger partial charge in [-0.3, -0.25) is 0 Å². The first kappa shape index (κ1) is 8.60. The first-order valence-corrected chi connectivity index (χ1v) is 3.30. The van der Waals surface area contributed by atoms with Crippen LogP contribution in [0.1, 0.15) is 6.92 Å². The first-order chi connectivity index (χ1) is 4.35. The Morgan fingerprint density at radius 1 is 1.78 bits per heavy atom. The van der Waals surface area contributed by atoms with Crippen LogP contribution in [-0.4, -0.2) is 6.61 Å². The van der Waals surface area contributed by atoms with Gasteiger partial charge >= 0.3 is 8.60 Å². The van der Waals surface area contributed by atoms with Crippen molar-refractivity contribution in [3.05, 3.63) is 0 Å². The van der Waals surface area contributed by atoms with Gasteiger partial charge in [-0.2, -0.15) is 0 Å². The van der Waals surface area contributed by atoms with Gasteiger partial charge in [0.25, 0.3) is 6.26 Å². The fourth-order valence-corrected chi connectivity index (χ4v) is 0.651. The summed E-state index contributed by atoms with van der Waals surface area (Å²) in [6, 6.07) is 0. The molecule has 0 aromatic heterocycles. The Labute approximate surface area is 54.3 Å². The predicted molar refractivity (Wildman–Crippen MR) is 30.5 cm³/mol. The van der Waals surface area contributed by atoms with Crippen LogP contribution in [0, 0.1) is 11.5 Å². The van der Waals surface area contributed by atoms with Gasteiger partial charge in [0.05, 0.1) is 6.61 Å². The first-order valence-electron chi connectivity index (χ1n) is 2.21. The number of rotatable bonds is 4. The van der Waals surface area contributed by atoms with E-state index in [1.54, 1.807) is 6.92 Å². The number of nitrogens with zero attached hydrogens (tertiary/aromatic N) is 1. The Morgan fingerprint density at radius 3 is 2.78 bits per heavy atom. The molecule has 0 saturated heterocycles. The van der Waals surface area contributed by atoms with E-state index >= 15 is 0 Å². The van der Waals surface area contributed by atoms with Crippen LogP contribution in [-0.2, 0) is 13.7 Å². The second-order valence-electron chi connectivity index (χ2n) is 0.929. The Morgan fingerprint density at radius 2 is 2.44 bits per heavy atom. The second kappa shape index (κ2) is 5.73. The van der Waals surface area contributed by atoms with Crippen LogP contribution in [0.5, 0.6) is 0 Å². The molecule has 0 spiro atoms. The molecule has 0 fully saturated rings. The van der Waals surface area contributed by atoms with E-state index in [9.17, 15) is 0 Å². The number of nitriles is 1. The van der Waals surface area contributed by atoms with Crippen molar-refractivity contribution in [2.24, 2.45) is 5.90 Å². The van der Waals surface area contributed by atoms with Gasteiger partial charge in [-0.05, 0) is 6.92 Å². The van der Waals surface area contributed by atoms with Crippen LogP contribution in [0.4, 0.5) is 0 Å². The lowest BCUT2D eigenvalue weighted by Gasteiger charge is -2.05. The van der Waals surface area contributed by atoms with Gasteiger partial charge < -0.3 is 9.05 Å². The van der Waals surface area contributed by atoms with Gasteiger partial charge in [0.15, 0.2) is 0 Å². The van der Waals surface area contributed by atoms with Crippen LogP contribution in [0.3, 0.4) is 0 Å². The molecular formula is C3H7N2O3P. The van der Waals surface area contributed by atoms with Crippen LogP contribution in [0.25, 0.3) is 0 Å². The lowest BCUT2D eigenvalue weighted by Crippen LogP contribution is -1.96. The maximum atomic E-state index is 7.92. The zero-order valence-corrected chi connectivity index (χ0v) is 5.80. The lowest BCUT2D eigenvalue weighted by atomic mass is 10.9. The van der Waals surface area contributed by atoms with E-state index < -0.39 is 8.60 Å². The average molecular weight is 150 g/mol. The number of hydrogen-bond acceptors (Lipinski definition) is 5. The minimum Gasteiger partial charge on any atom is -0.351 e. The van der Waals surface area contributed by atoms with Crippen molar-refractivity contribution in [2.45, 2.75) is 6.92 Å². The van der Waals surface area contributed by atoms with E-state index in [0.717, 1.165) is 0 Å². The van der Waals surface area contributed by atoms with Crippen LogP contribution in [0.2, 0.25) is 0 Å². The van der Waals surface area contributed by atoms with E-state index in [2.05, 4.69) is 15.0 Å². The zero-order chi connectivity index (χ0) is 7.11. The van der Waals surface area contributed by atoms with Crippen molar-refractivity contribution < 1.29 is 13.7 Å². The summed E-state index contributed by atoms with van der Waals surface area (Å²) in [5.74, 6) is 4.67. The highest BCUT2D eigenvalue weighted by Gasteiger charge is 2.09. The fraction of sp³-hybridized carbons (Fsp3) is 0.667. The third-order valence-corrected chi connectivity index (χ3v) is 1.31. The van der Waals surface area contributed by atoms with Gasteiger partial charge in [0.1, 0.15) is 0 Å². The van der Waals surface area contributed by atoms with Gasteiger partial charge in [-0.1, -0.05) is 0 Å². The van der Waals surface area contributed by atoms with Crippen LogP contribution >= 0.6 is 8.60 Å². The summed E-state index contributed by atoms with van der Waals surface area (Å²) in [7, 11) is -1.64. The Bertz CT molecular complexity index is 104. The minimum absolute atomic E-state index is 0.407. The van der Waals surface area contributed by atoms with Crippen molar-refractivity contribution in [1.82, 2.24) is 0 Å². The third kappa shape index (κ3) is 4.13. The maximum Gasteiger partial charge on any atom is 0.425 e. The quantitative estimate of drug-likeness (QED) is 0.361. The van der Waals surface area contributed by atoms with Crippen LogP contribution < -0.4 is 5.90 Å². The predicted octanol–water partition coefficient (Wildman–Crippen LogP) is 0.638. The van der Waals surface area contributed by atoms with Gasteiger partial charge in [0.2, 0.25) is 0 Å². The minimum atomic E-state index is -1.64. The van der Waals surface area contributed by atoms with Gasteiger partial charge in [-0.25, -0.2) is 10.5 Å². The van der Waals surface area contributed by atoms with Gasteiger partial charge in [-0.15, -0.1) is 5.26 Å². The summed E-state index contributed by atoms with van der Waals surface area (Å²) in [5.41, 5.74) is 0. The normalized spacial score (nSPS) is 12.1. The summed E-state index contributed by atoms with van der Waals surface area (Å²) in [6.07, 6.45) is 1.40. The van der Waals surface area contributed by atoms with Gasteiger partial charge in [0, 0.05) is 0 Å². The number of nitrogens with two attached hydrogens (primary N) is 1. The van der Waals surface area contributed by atoms with Crippen molar-refractivity contribution in [3.63, 3.8) is 0 Å². The molecule has 0 aromatic carbocycles. The Balaban J connectivity index is 3.32. The molecule has 0 aromatic rings. The zero-order valence-electron chi connectivity index (χ0n) is 4.90. The largest absolute Gasteiger partial charge is 0.425 e. The molecule has 0 radical (unpaired) electrons. The lowest BCUT2D eigenvalue weighted by molar-refractivity contribution is 0.207. The van der Waals surface area contributed by atoms with E-state index in [-0.39, 0.29) is 0 Å². The molecule has 1 atom stereocenters. The fourth-order valence-electron chi connectivity index (χ4n) is 0.217. The highest BCUT2D eigenvalue weighted by Crippen LogP contribution is 2.36. The summed E-state index contributed by atoms with van der Waals surface area (Å²) >= 11 is 0. The molecule has 0 heterocycles. The van der Waals surface area contributed by atoms with E-state index in [1.807, 2.05) is 0 Å². The highest BCUT2D eigenvalue weighted by molar-refractivity contribution is 7.41. The molecule has 0 rings (SSSR count). The SMILES string of the molecule is CCOP(ON)OC#N. The van der Waals surface area contributed by atoms with E-state index in [4.69, 9.17) is 9.79 Å². The molecule has 2 N–H and O–H groups in total. The summed E-state index contributed by atoms with van der Waals surface area (Å²) in [4.78, 5) is 0. The van der Waals surface area contributed by atoms with Crippen molar-refractivity contribution in [2.75, 3.05) is 6.61 Å². The monoisotopic (exact) mass is 150 g/mol. The van der Waals surface area contributed by atoms with Crippen molar-refractivity contribution >= 4 is 8.60 Å². The average Bonchev–Trinajstić information content (AvgIpc) is 1.88. The standard InChI is InChI=1S/C3H7N2O3P/c1-2-6-9(8-5)7-3-4/h2,5H2,1H3. The summed E-state index contributed by atoms with van der Waals surface area (Å²) < 4.78 is 13.1.